The fraction of sp³-hybridized carbons (Fsp3) is 0.671. The lowest BCUT2D eigenvalue weighted by Gasteiger charge is -2.21. The third-order valence-electron chi connectivity index (χ3n) is 16.3. The number of phosphoric acid groups is 2. The first kappa shape index (κ1) is 98.9. The van der Waals surface area contributed by atoms with Crippen molar-refractivity contribution in [2.75, 3.05) is 39.6 Å². The Balaban J connectivity index is 5.42. The Kier molecular flexibility index (Phi) is 72.4. The minimum Gasteiger partial charge on any atom is -0.462 e. The normalized spacial score (nSPS) is 14.6. The molecule has 0 aromatic rings. The second-order valence-corrected chi connectivity index (χ2v) is 29.2. The Morgan fingerprint density at radius 3 is 0.827 bits per heavy atom. The zero-order chi connectivity index (χ0) is 76.0. The maximum Gasteiger partial charge on any atom is 0.472 e. The van der Waals surface area contributed by atoms with Crippen LogP contribution < -0.4 is 0 Å². The van der Waals surface area contributed by atoms with E-state index in [4.69, 9.17) is 37.0 Å². The molecule has 0 amide bonds. The highest BCUT2D eigenvalue weighted by molar-refractivity contribution is 7.47. The van der Waals surface area contributed by atoms with Crippen molar-refractivity contribution in [3.8, 4) is 0 Å². The van der Waals surface area contributed by atoms with Crippen LogP contribution in [0.1, 0.15) is 310 Å². The number of allylic oxidation sites excluding steroid dienone is 24. The Hall–Kier alpha value is -5.06. The lowest BCUT2D eigenvalue weighted by Crippen LogP contribution is -2.30. The largest absolute Gasteiger partial charge is 0.472 e. The molecule has 0 spiro atoms. The summed E-state index contributed by atoms with van der Waals surface area (Å²) in [5.74, 6) is -2.28. The number of ether oxygens (including phenoxy) is 4. The molecular formula is C85H142O17P2. The molecule has 0 aromatic carbocycles. The van der Waals surface area contributed by atoms with Gasteiger partial charge >= 0.3 is 39.5 Å². The van der Waals surface area contributed by atoms with Crippen LogP contribution in [-0.4, -0.2) is 96.7 Å². The topological polar surface area (TPSA) is 237 Å². The van der Waals surface area contributed by atoms with Crippen LogP contribution in [-0.2, 0) is 65.4 Å². The molecule has 0 aliphatic rings. The zero-order valence-electron chi connectivity index (χ0n) is 64.9. The van der Waals surface area contributed by atoms with E-state index in [2.05, 4.69) is 161 Å². The van der Waals surface area contributed by atoms with Gasteiger partial charge in [-0.2, -0.15) is 0 Å². The fourth-order valence-electron chi connectivity index (χ4n) is 10.3. The first-order chi connectivity index (χ1) is 50.7. The molecule has 0 fully saturated rings. The molecule has 594 valence electrons. The van der Waals surface area contributed by atoms with Crippen molar-refractivity contribution >= 4 is 39.5 Å². The lowest BCUT2D eigenvalue weighted by atomic mass is 10.1. The smallest absolute Gasteiger partial charge is 0.462 e. The van der Waals surface area contributed by atoms with Gasteiger partial charge in [-0.25, -0.2) is 9.13 Å². The third-order valence-corrected chi connectivity index (χ3v) is 18.2. The molecule has 5 unspecified atom stereocenters. The molecule has 0 bridgehead atoms. The van der Waals surface area contributed by atoms with Crippen molar-refractivity contribution in [2.24, 2.45) is 0 Å². The average Bonchev–Trinajstić information content (AvgIpc) is 0.906. The summed E-state index contributed by atoms with van der Waals surface area (Å²) in [4.78, 5) is 73.0. The number of carbonyl (C=O) groups is 4. The Labute approximate surface area is 630 Å². The fourth-order valence-corrected chi connectivity index (χ4v) is 11.8. The lowest BCUT2D eigenvalue weighted by molar-refractivity contribution is -0.161. The van der Waals surface area contributed by atoms with Gasteiger partial charge in [0.25, 0.3) is 0 Å². The number of hydrogen-bond acceptors (Lipinski definition) is 15. The van der Waals surface area contributed by atoms with E-state index < -0.39 is 97.5 Å². The molecule has 0 aromatic heterocycles. The molecule has 104 heavy (non-hydrogen) atoms. The SMILES string of the molecule is CC/C=C\C/C=C\C/C=C\C/C=C\C/C=C\CCCC(=O)OCC(COP(=O)(O)OCC(O)COP(=O)(O)OCC(COC(=O)CCCCCCCC/C=C\C/C=C\C/C=C\CCCCC)OC(=O)CCCCCC/C=C\C/C=C\C/C=C\C/C=C\CC)OC(=O)CCCCCCCCCCCCC. The molecule has 19 heteroatoms. The number of carbonyl (C=O) groups excluding carboxylic acids is 4. The van der Waals surface area contributed by atoms with Gasteiger partial charge in [0.2, 0.25) is 0 Å². The monoisotopic (exact) mass is 1500 g/mol. The summed E-state index contributed by atoms with van der Waals surface area (Å²) >= 11 is 0. The number of esters is 4. The van der Waals surface area contributed by atoms with Crippen LogP contribution >= 0.6 is 15.6 Å². The van der Waals surface area contributed by atoms with Crippen molar-refractivity contribution in [1.29, 1.82) is 0 Å². The average molecular weight is 1500 g/mol. The van der Waals surface area contributed by atoms with Gasteiger partial charge in [-0.1, -0.05) is 289 Å². The molecule has 5 atom stereocenters. The summed E-state index contributed by atoms with van der Waals surface area (Å²) in [7, 11) is -9.99. The number of aliphatic hydroxyl groups excluding tert-OH is 1. The van der Waals surface area contributed by atoms with Gasteiger partial charge in [-0.05, 0) is 141 Å². The Bertz CT molecular complexity index is 2540. The standard InChI is InChI=1S/C85H142O17P2/c1-5-9-13-17-21-25-29-32-35-38-39-42-44-47-51-54-58-62-66-70-83(88)96-76-81(102-85(90)72-68-64-60-56-52-48-45-41-37-34-31-27-23-19-15-11-7-3)78-100-104(93,94)98-74-79(86)73-97-103(91,92)99-77-80(101-84(89)71-67-63-59-55-49-28-24-20-16-12-8-4)75-95-82(87)69-65-61-57-53-50-46-43-40-36-33-30-26-22-18-14-10-6-2/h10-11,14-15,21-23,25-27,32-37,39,42-43,45-46,48,53,57,79-81,86H,5-9,12-13,16-20,24,28-31,38,40-41,44,47,49-52,54-56,58-78H2,1-4H3,(H,91,92)(H,93,94)/b14-10-,15-11-,25-21-,26-22-,27-23-,35-32-,36-33-,37-34-,42-39-,46-43-,48-45-,57-53-. The molecule has 0 rings (SSSR count). The van der Waals surface area contributed by atoms with Crippen LogP contribution in [0, 0.1) is 0 Å². The van der Waals surface area contributed by atoms with Crippen LogP contribution in [0.15, 0.2) is 146 Å². The van der Waals surface area contributed by atoms with E-state index in [-0.39, 0.29) is 25.7 Å². The van der Waals surface area contributed by atoms with Gasteiger partial charge in [0, 0.05) is 25.7 Å². The van der Waals surface area contributed by atoms with Crippen LogP contribution in [0.3, 0.4) is 0 Å². The Morgan fingerprint density at radius 2 is 0.510 bits per heavy atom. The summed E-state index contributed by atoms with van der Waals surface area (Å²) in [5, 5.41) is 10.6. The molecule has 0 saturated heterocycles. The van der Waals surface area contributed by atoms with Crippen molar-refractivity contribution in [3.05, 3.63) is 146 Å². The number of unbranched alkanes of at least 4 members (excludes halogenated alkanes) is 24. The molecule has 0 radical (unpaired) electrons. The maximum absolute atomic E-state index is 13.1. The van der Waals surface area contributed by atoms with Crippen LogP contribution in [0.25, 0.3) is 0 Å². The van der Waals surface area contributed by atoms with Crippen LogP contribution in [0.5, 0.6) is 0 Å². The van der Waals surface area contributed by atoms with E-state index in [1.807, 2.05) is 12.2 Å². The quantitative estimate of drug-likeness (QED) is 0.0169. The molecular weight excluding hydrogens is 1350 g/mol. The van der Waals surface area contributed by atoms with Crippen molar-refractivity contribution in [2.45, 2.75) is 329 Å². The minimum absolute atomic E-state index is 0.0590. The maximum atomic E-state index is 13.1. The zero-order valence-corrected chi connectivity index (χ0v) is 66.7. The molecule has 17 nitrogen and oxygen atoms in total. The van der Waals surface area contributed by atoms with Gasteiger partial charge in [-0.3, -0.25) is 37.3 Å². The van der Waals surface area contributed by atoms with E-state index >= 15 is 0 Å². The second kappa shape index (κ2) is 76.1. The van der Waals surface area contributed by atoms with E-state index in [1.54, 1.807) is 0 Å². The first-order valence-corrected chi connectivity index (χ1v) is 43.1. The molecule has 0 aliphatic heterocycles. The molecule has 0 aliphatic carbocycles. The van der Waals surface area contributed by atoms with Gasteiger partial charge in [0.05, 0.1) is 26.4 Å². The predicted octanol–water partition coefficient (Wildman–Crippen LogP) is 23.4. The molecule has 3 N–H and O–H groups in total. The highest BCUT2D eigenvalue weighted by Gasteiger charge is 2.30. The van der Waals surface area contributed by atoms with E-state index in [0.717, 1.165) is 167 Å². The van der Waals surface area contributed by atoms with E-state index in [1.165, 1.54) is 57.8 Å². The third kappa shape index (κ3) is 75.2. The van der Waals surface area contributed by atoms with Crippen molar-refractivity contribution in [3.63, 3.8) is 0 Å². The Morgan fingerprint density at radius 1 is 0.279 bits per heavy atom. The van der Waals surface area contributed by atoms with Crippen LogP contribution in [0.2, 0.25) is 0 Å². The van der Waals surface area contributed by atoms with Crippen molar-refractivity contribution in [1.82, 2.24) is 0 Å². The number of phosphoric ester groups is 2. The minimum atomic E-state index is -5.00. The van der Waals surface area contributed by atoms with Gasteiger partial charge in [0.15, 0.2) is 12.2 Å². The number of aliphatic hydroxyl groups is 1. The second-order valence-electron chi connectivity index (χ2n) is 26.2. The molecule has 0 heterocycles. The van der Waals surface area contributed by atoms with Gasteiger partial charge in [0.1, 0.15) is 19.3 Å². The summed E-state index contributed by atoms with van der Waals surface area (Å²) in [6.07, 6.45) is 86.9. The summed E-state index contributed by atoms with van der Waals surface area (Å²) in [6.45, 7) is 4.51. The predicted molar refractivity (Wildman–Crippen MR) is 427 cm³/mol. The van der Waals surface area contributed by atoms with Crippen LogP contribution in [0.4, 0.5) is 0 Å². The number of hydrogen-bond donors (Lipinski definition) is 3. The summed E-state index contributed by atoms with van der Waals surface area (Å²) in [5.41, 5.74) is 0. The highest BCUT2D eigenvalue weighted by atomic mass is 31.2. The van der Waals surface area contributed by atoms with Gasteiger partial charge < -0.3 is 33.8 Å². The van der Waals surface area contributed by atoms with Crippen molar-refractivity contribution < 1.29 is 80.2 Å². The number of rotatable bonds is 74. The van der Waals surface area contributed by atoms with E-state index in [0.29, 0.717) is 32.1 Å². The van der Waals surface area contributed by atoms with Gasteiger partial charge in [-0.15, -0.1) is 0 Å². The summed E-state index contributed by atoms with van der Waals surface area (Å²) < 4.78 is 68.5. The first-order valence-electron chi connectivity index (χ1n) is 40.1. The van der Waals surface area contributed by atoms with E-state index in [9.17, 15) is 43.2 Å². The molecule has 0 saturated carbocycles. The highest BCUT2D eigenvalue weighted by Crippen LogP contribution is 2.45. The summed E-state index contributed by atoms with van der Waals surface area (Å²) in [6, 6.07) is 0.